The molecule has 1 aliphatic rings. The van der Waals surface area contributed by atoms with Crippen LogP contribution >= 0.6 is 0 Å². The fourth-order valence-electron chi connectivity index (χ4n) is 3.05. The smallest absolute Gasteiger partial charge is 0.243 e. The maximum absolute atomic E-state index is 12.6. The first-order valence-corrected chi connectivity index (χ1v) is 7.71. The molecule has 3 rings (SSSR count). The number of hydrogen-bond donors (Lipinski definition) is 1. The molecule has 0 fully saturated rings. The molecule has 1 amide bonds. The lowest BCUT2D eigenvalue weighted by atomic mass is 9.94. The Bertz CT molecular complexity index is 692. The molecule has 22 heavy (non-hydrogen) atoms. The van der Waals surface area contributed by atoms with Gasteiger partial charge in [-0.05, 0) is 38.4 Å². The minimum Gasteiger partial charge on any atom is -0.308 e. The lowest BCUT2D eigenvalue weighted by molar-refractivity contribution is -0.121. The highest BCUT2D eigenvalue weighted by Gasteiger charge is 2.29. The van der Waals surface area contributed by atoms with Crippen molar-refractivity contribution in [2.24, 2.45) is 0 Å². The van der Waals surface area contributed by atoms with Crippen molar-refractivity contribution in [3.05, 3.63) is 47.2 Å². The molecule has 5 nitrogen and oxygen atoms in total. The highest BCUT2D eigenvalue weighted by Crippen LogP contribution is 2.22. The molecule has 1 atom stereocenters. The minimum atomic E-state index is -0.151. The number of anilines is 1. The lowest BCUT2D eigenvalue weighted by Crippen LogP contribution is -2.45. The van der Waals surface area contributed by atoms with Crippen molar-refractivity contribution in [3.8, 4) is 0 Å². The van der Waals surface area contributed by atoms with Crippen LogP contribution in [-0.2, 0) is 24.3 Å². The van der Waals surface area contributed by atoms with Gasteiger partial charge in [0.25, 0.3) is 0 Å². The predicted octanol–water partition coefficient (Wildman–Crippen LogP) is 2.21. The number of hydrogen-bond acceptors (Lipinski definition) is 3. The van der Waals surface area contributed by atoms with E-state index in [4.69, 9.17) is 0 Å². The highest BCUT2D eigenvalue weighted by molar-refractivity contribution is 5.94. The Morgan fingerprint density at radius 1 is 1.36 bits per heavy atom. The normalized spacial score (nSPS) is 18.0. The first kappa shape index (κ1) is 14.8. The van der Waals surface area contributed by atoms with Crippen LogP contribution in [0.15, 0.2) is 30.3 Å². The van der Waals surface area contributed by atoms with E-state index in [-0.39, 0.29) is 11.9 Å². The Kier molecular flexibility index (Phi) is 3.98. The molecule has 0 saturated carbocycles. The van der Waals surface area contributed by atoms with Crippen LogP contribution in [-0.4, -0.2) is 33.7 Å². The van der Waals surface area contributed by atoms with Crippen molar-refractivity contribution >= 4 is 11.7 Å². The predicted molar refractivity (Wildman–Crippen MR) is 86.7 cm³/mol. The summed E-state index contributed by atoms with van der Waals surface area (Å²) in [5.74, 6) is 0.648. The van der Waals surface area contributed by atoms with E-state index in [0.29, 0.717) is 5.82 Å². The van der Waals surface area contributed by atoms with E-state index in [1.165, 1.54) is 11.1 Å². The molecule has 0 radical (unpaired) electrons. The number of nitrogens with one attached hydrogen (secondary N) is 1. The third kappa shape index (κ3) is 2.76. The van der Waals surface area contributed by atoms with Gasteiger partial charge in [0.1, 0.15) is 0 Å². The standard InChI is InChI=1S/C17H22N4O/c1-4-21-12(2)9-16(19-21)18-17(22)15-10-13-7-5-6-8-14(13)11-20(15)3/h5-9,15H,4,10-11H2,1-3H3,(H,18,19,22). The Morgan fingerprint density at radius 3 is 2.77 bits per heavy atom. The summed E-state index contributed by atoms with van der Waals surface area (Å²) >= 11 is 0. The number of carbonyl (C=O) groups is 1. The number of likely N-dealkylation sites (N-methyl/N-ethyl adjacent to an activating group) is 1. The molecular weight excluding hydrogens is 276 g/mol. The van der Waals surface area contributed by atoms with Crippen molar-refractivity contribution in [3.63, 3.8) is 0 Å². The average Bonchev–Trinajstić information content (AvgIpc) is 2.86. The molecule has 116 valence electrons. The van der Waals surface area contributed by atoms with E-state index in [9.17, 15) is 4.79 Å². The number of fused-ring (bicyclic) bond motifs is 1. The summed E-state index contributed by atoms with van der Waals surface area (Å²) in [4.78, 5) is 14.7. The second kappa shape index (κ2) is 5.93. The van der Waals surface area contributed by atoms with Gasteiger partial charge in [0.05, 0.1) is 6.04 Å². The van der Waals surface area contributed by atoms with E-state index in [1.54, 1.807) is 0 Å². The highest BCUT2D eigenvalue weighted by atomic mass is 16.2. The Labute approximate surface area is 130 Å². The Balaban J connectivity index is 1.75. The molecule has 0 aliphatic carbocycles. The zero-order valence-corrected chi connectivity index (χ0v) is 13.3. The number of benzene rings is 1. The lowest BCUT2D eigenvalue weighted by Gasteiger charge is -2.32. The van der Waals surface area contributed by atoms with Crippen LogP contribution in [0.5, 0.6) is 0 Å². The molecular formula is C17H22N4O. The van der Waals surface area contributed by atoms with Gasteiger partial charge in [-0.15, -0.1) is 0 Å². The van der Waals surface area contributed by atoms with Gasteiger partial charge in [-0.2, -0.15) is 5.10 Å². The quantitative estimate of drug-likeness (QED) is 0.945. The maximum atomic E-state index is 12.6. The fourth-order valence-corrected chi connectivity index (χ4v) is 3.05. The molecule has 1 aromatic carbocycles. The molecule has 0 bridgehead atoms. The molecule has 2 heterocycles. The topological polar surface area (TPSA) is 50.2 Å². The van der Waals surface area contributed by atoms with Crippen molar-refractivity contribution in [2.75, 3.05) is 12.4 Å². The third-order valence-corrected chi connectivity index (χ3v) is 4.32. The number of amides is 1. The van der Waals surface area contributed by atoms with Crippen LogP contribution in [0.3, 0.4) is 0 Å². The maximum Gasteiger partial charge on any atom is 0.243 e. The van der Waals surface area contributed by atoms with Crippen molar-refractivity contribution in [1.29, 1.82) is 0 Å². The van der Waals surface area contributed by atoms with Crippen molar-refractivity contribution in [1.82, 2.24) is 14.7 Å². The van der Waals surface area contributed by atoms with Crippen LogP contribution in [0, 0.1) is 6.92 Å². The second-order valence-corrected chi connectivity index (χ2v) is 5.88. The van der Waals surface area contributed by atoms with Gasteiger partial charge < -0.3 is 5.32 Å². The van der Waals surface area contributed by atoms with E-state index < -0.39 is 0 Å². The first-order chi connectivity index (χ1) is 10.6. The molecule has 0 saturated heterocycles. The molecule has 0 spiro atoms. The summed E-state index contributed by atoms with van der Waals surface area (Å²) in [5, 5.41) is 7.35. The molecule has 1 aliphatic heterocycles. The minimum absolute atomic E-state index is 0.0118. The summed E-state index contributed by atoms with van der Waals surface area (Å²) in [6.07, 6.45) is 0.742. The van der Waals surface area contributed by atoms with Crippen molar-refractivity contribution < 1.29 is 4.79 Å². The van der Waals surface area contributed by atoms with E-state index in [1.807, 2.05) is 43.8 Å². The van der Waals surface area contributed by atoms with Gasteiger partial charge in [0.2, 0.25) is 5.91 Å². The van der Waals surface area contributed by atoms with Crippen molar-refractivity contribution in [2.45, 2.75) is 39.4 Å². The second-order valence-electron chi connectivity index (χ2n) is 5.88. The summed E-state index contributed by atoms with van der Waals surface area (Å²) in [5.41, 5.74) is 3.62. The van der Waals surface area contributed by atoms with Gasteiger partial charge in [-0.25, -0.2) is 0 Å². The largest absolute Gasteiger partial charge is 0.308 e. The average molecular weight is 298 g/mol. The summed E-state index contributed by atoms with van der Waals surface area (Å²) < 4.78 is 1.88. The van der Waals surface area contributed by atoms with Gasteiger partial charge in [-0.1, -0.05) is 24.3 Å². The number of aromatic nitrogens is 2. The Morgan fingerprint density at radius 2 is 2.09 bits per heavy atom. The first-order valence-electron chi connectivity index (χ1n) is 7.71. The molecule has 2 aromatic rings. The van der Waals surface area contributed by atoms with Crippen LogP contribution in [0.2, 0.25) is 0 Å². The molecule has 1 aromatic heterocycles. The van der Waals surface area contributed by atoms with Crippen LogP contribution in [0.4, 0.5) is 5.82 Å². The number of aryl methyl sites for hydroxylation is 2. The monoisotopic (exact) mass is 298 g/mol. The van der Waals surface area contributed by atoms with Crippen LogP contribution < -0.4 is 5.32 Å². The number of carbonyl (C=O) groups excluding carboxylic acids is 1. The van der Waals surface area contributed by atoms with Gasteiger partial charge >= 0.3 is 0 Å². The zero-order valence-electron chi connectivity index (χ0n) is 13.3. The Hall–Kier alpha value is -2.14. The van der Waals surface area contributed by atoms with E-state index >= 15 is 0 Å². The summed E-state index contributed by atoms with van der Waals surface area (Å²) in [6, 6.07) is 10.1. The van der Waals surface area contributed by atoms with Crippen LogP contribution in [0.1, 0.15) is 23.7 Å². The molecule has 5 heteroatoms. The zero-order chi connectivity index (χ0) is 15.7. The van der Waals surface area contributed by atoms with Gasteiger partial charge in [0, 0.05) is 24.8 Å². The van der Waals surface area contributed by atoms with Gasteiger partial charge in [0.15, 0.2) is 5.82 Å². The number of nitrogens with zero attached hydrogens (tertiary/aromatic N) is 3. The molecule has 1 N–H and O–H groups in total. The third-order valence-electron chi connectivity index (χ3n) is 4.32. The summed E-state index contributed by atoms with van der Waals surface area (Å²) in [6.45, 7) is 5.64. The molecule has 1 unspecified atom stereocenters. The fraction of sp³-hybridized carbons (Fsp3) is 0.412. The van der Waals surface area contributed by atoms with E-state index in [0.717, 1.165) is 25.2 Å². The van der Waals surface area contributed by atoms with Gasteiger partial charge in [-0.3, -0.25) is 14.4 Å². The van der Waals surface area contributed by atoms with Crippen LogP contribution in [0.25, 0.3) is 0 Å². The van der Waals surface area contributed by atoms with E-state index in [2.05, 4.69) is 27.4 Å². The SMILES string of the molecule is CCn1nc(NC(=O)C2Cc3ccccc3CN2C)cc1C. The number of rotatable bonds is 3. The summed E-state index contributed by atoms with van der Waals surface area (Å²) in [7, 11) is 2.00.